The monoisotopic (exact) mass is 291 g/mol. The van der Waals surface area contributed by atoms with E-state index in [0.29, 0.717) is 0 Å². The minimum Gasteiger partial charge on any atom is -0.492 e. The van der Waals surface area contributed by atoms with Crippen molar-refractivity contribution in [2.75, 3.05) is 7.11 Å². The molecule has 0 saturated heterocycles. The number of ether oxygens (including phenoxy) is 1. The molecule has 0 fully saturated rings. The molecule has 1 aromatic rings. The van der Waals surface area contributed by atoms with Crippen molar-refractivity contribution in [1.29, 1.82) is 0 Å². The molecule has 1 rings (SSSR count). The number of alkyl halides is 2. The zero-order valence-electron chi connectivity index (χ0n) is 7.75. The molecule has 0 atom stereocenters. The van der Waals surface area contributed by atoms with E-state index < -0.39 is 26.2 Å². The zero-order chi connectivity index (χ0) is 12.5. The number of halogens is 4. The highest BCUT2D eigenvalue weighted by Gasteiger charge is 2.25. The maximum atomic E-state index is 12.4. The van der Waals surface area contributed by atoms with Gasteiger partial charge in [0, 0.05) is 10.7 Å². The lowest BCUT2D eigenvalue weighted by Crippen LogP contribution is -2.03. The predicted octanol–water partition coefficient (Wildman–Crippen LogP) is 2.61. The fourth-order valence-electron chi connectivity index (χ4n) is 0.960. The highest BCUT2D eigenvalue weighted by atomic mass is 35.7. The summed E-state index contributed by atoms with van der Waals surface area (Å²) in [5.74, 6) is -0.360. The van der Waals surface area contributed by atoms with Crippen LogP contribution in [0.5, 0.6) is 5.75 Å². The molecule has 4 nitrogen and oxygen atoms in total. The Hall–Kier alpha value is -0.660. The van der Waals surface area contributed by atoms with Crippen LogP contribution in [0.1, 0.15) is 12.1 Å². The second kappa shape index (κ2) is 4.68. The Morgan fingerprint density at radius 1 is 1.50 bits per heavy atom. The summed E-state index contributed by atoms with van der Waals surface area (Å²) in [4.78, 5) is 3.20. The first-order valence-corrected chi connectivity index (χ1v) is 6.43. The van der Waals surface area contributed by atoms with E-state index in [1.165, 1.54) is 0 Å². The van der Waals surface area contributed by atoms with Gasteiger partial charge in [0.2, 0.25) is 5.03 Å². The number of hydrogen-bond acceptors (Lipinski definition) is 4. The van der Waals surface area contributed by atoms with Gasteiger partial charge in [-0.25, -0.2) is 22.2 Å². The summed E-state index contributed by atoms with van der Waals surface area (Å²) in [5.41, 5.74) is -0.787. The van der Waals surface area contributed by atoms with Gasteiger partial charge in [-0.2, -0.15) is 0 Å². The largest absolute Gasteiger partial charge is 0.492 e. The van der Waals surface area contributed by atoms with E-state index in [0.717, 1.165) is 13.2 Å². The van der Waals surface area contributed by atoms with Crippen LogP contribution in [-0.2, 0) is 9.05 Å². The second-order valence-electron chi connectivity index (χ2n) is 2.61. The molecule has 0 spiro atoms. The lowest BCUT2D eigenvalue weighted by molar-refractivity contribution is 0.145. The average Bonchev–Trinajstić information content (AvgIpc) is 2.14. The number of aromatic nitrogens is 1. The van der Waals surface area contributed by atoms with Gasteiger partial charge in [-0.15, -0.1) is 0 Å². The van der Waals surface area contributed by atoms with Crippen LogP contribution in [0.15, 0.2) is 11.1 Å². The lowest BCUT2D eigenvalue weighted by Gasteiger charge is -2.09. The Labute approximate surface area is 99.6 Å². The van der Waals surface area contributed by atoms with Crippen LogP contribution in [0.3, 0.4) is 0 Å². The lowest BCUT2D eigenvalue weighted by atomic mass is 10.3. The Kier molecular flexibility index (Phi) is 3.92. The Bertz CT molecular complexity index is 507. The van der Waals surface area contributed by atoms with E-state index in [9.17, 15) is 17.2 Å². The third kappa shape index (κ3) is 2.72. The number of methoxy groups -OCH3 is 1. The Morgan fingerprint density at radius 2 is 2.06 bits per heavy atom. The van der Waals surface area contributed by atoms with E-state index in [-0.39, 0.29) is 10.8 Å². The maximum absolute atomic E-state index is 12.4. The van der Waals surface area contributed by atoms with Crippen molar-refractivity contribution in [2.45, 2.75) is 11.5 Å². The van der Waals surface area contributed by atoms with Gasteiger partial charge >= 0.3 is 0 Å². The van der Waals surface area contributed by atoms with E-state index in [2.05, 4.69) is 9.72 Å². The number of hydrogen-bond donors (Lipinski definition) is 0. The minimum absolute atomic E-state index is 0.299. The molecular weight excluding hydrogens is 287 g/mol. The van der Waals surface area contributed by atoms with Crippen LogP contribution >= 0.6 is 22.3 Å². The first-order chi connectivity index (χ1) is 7.27. The van der Waals surface area contributed by atoms with Crippen molar-refractivity contribution < 1.29 is 21.9 Å². The normalized spacial score (nSPS) is 11.9. The molecule has 0 bridgehead atoms. The first kappa shape index (κ1) is 13.4. The molecule has 0 N–H and O–H groups in total. The van der Waals surface area contributed by atoms with Gasteiger partial charge in [-0.05, 0) is 6.07 Å². The Morgan fingerprint density at radius 3 is 2.44 bits per heavy atom. The maximum Gasteiger partial charge on any atom is 0.282 e. The summed E-state index contributed by atoms with van der Waals surface area (Å²) in [6.45, 7) is 0. The molecule has 0 amide bonds. The summed E-state index contributed by atoms with van der Waals surface area (Å²) in [6.07, 6.45) is -2.96. The van der Waals surface area contributed by atoms with E-state index in [1.807, 2.05) is 0 Å². The molecule has 90 valence electrons. The molecule has 0 saturated carbocycles. The number of rotatable bonds is 3. The standard InChI is InChI=1S/C7H5Cl2F2NO3S/c1-15-5-3(8)2-4(6(10)11)12-7(5)16(9,13)14/h2,6H,1H3. The fourth-order valence-corrected chi connectivity index (χ4v) is 2.24. The molecule has 0 aromatic carbocycles. The van der Waals surface area contributed by atoms with Crippen molar-refractivity contribution in [3.63, 3.8) is 0 Å². The number of nitrogens with zero attached hydrogens (tertiary/aromatic N) is 1. The van der Waals surface area contributed by atoms with Crippen molar-refractivity contribution >= 4 is 31.3 Å². The molecule has 0 aliphatic rings. The fraction of sp³-hybridized carbons (Fsp3) is 0.286. The summed E-state index contributed by atoms with van der Waals surface area (Å²) < 4.78 is 51.5. The molecular formula is C7H5Cl2F2NO3S. The smallest absolute Gasteiger partial charge is 0.282 e. The molecule has 1 aromatic heterocycles. The second-order valence-corrected chi connectivity index (χ2v) is 5.49. The number of pyridine rings is 1. The average molecular weight is 292 g/mol. The molecule has 0 aliphatic carbocycles. The van der Waals surface area contributed by atoms with Crippen LogP contribution in [0, 0.1) is 0 Å². The summed E-state index contributed by atoms with van der Waals surface area (Å²) >= 11 is 5.56. The van der Waals surface area contributed by atoms with Gasteiger partial charge < -0.3 is 4.74 Å². The van der Waals surface area contributed by atoms with Crippen molar-refractivity contribution in [3.8, 4) is 5.75 Å². The van der Waals surface area contributed by atoms with Gasteiger partial charge in [0.05, 0.1) is 12.1 Å². The van der Waals surface area contributed by atoms with Crippen molar-refractivity contribution in [3.05, 3.63) is 16.8 Å². The van der Waals surface area contributed by atoms with E-state index in [4.69, 9.17) is 22.3 Å². The van der Waals surface area contributed by atoms with E-state index >= 15 is 0 Å². The third-order valence-corrected chi connectivity index (χ3v) is 3.03. The van der Waals surface area contributed by atoms with Crippen LogP contribution in [0.2, 0.25) is 5.02 Å². The van der Waals surface area contributed by atoms with Gasteiger partial charge in [0.25, 0.3) is 15.5 Å². The van der Waals surface area contributed by atoms with Gasteiger partial charge in [0.15, 0.2) is 5.75 Å². The highest BCUT2D eigenvalue weighted by molar-refractivity contribution is 8.13. The van der Waals surface area contributed by atoms with Gasteiger partial charge in [-0.3, -0.25) is 0 Å². The van der Waals surface area contributed by atoms with Gasteiger partial charge in [0.1, 0.15) is 5.69 Å². The zero-order valence-corrected chi connectivity index (χ0v) is 10.1. The van der Waals surface area contributed by atoms with Crippen molar-refractivity contribution in [2.24, 2.45) is 0 Å². The summed E-state index contributed by atoms with van der Waals surface area (Å²) in [6, 6.07) is 0.816. The molecule has 0 radical (unpaired) electrons. The summed E-state index contributed by atoms with van der Waals surface area (Å²) in [5, 5.41) is -1.12. The van der Waals surface area contributed by atoms with Gasteiger partial charge in [-0.1, -0.05) is 11.6 Å². The van der Waals surface area contributed by atoms with E-state index in [1.54, 1.807) is 0 Å². The summed E-state index contributed by atoms with van der Waals surface area (Å²) in [7, 11) is 1.83. The Balaban J connectivity index is 3.56. The molecule has 1 heterocycles. The van der Waals surface area contributed by atoms with Crippen LogP contribution in [-0.4, -0.2) is 20.5 Å². The predicted molar refractivity (Wildman–Crippen MR) is 53.8 cm³/mol. The minimum atomic E-state index is -4.31. The molecule has 9 heteroatoms. The molecule has 0 aliphatic heterocycles. The van der Waals surface area contributed by atoms with Crippen molar-refractivity contribution in [1.82, 2.24) is 4.98 Å². The quantitative estimate of drug-likeness (QED) is 0.803. The molecule has 0 unspecified atom stereocenters. The SMILES string of the molecule is COc1c(Cl)cc(C(F)F)nc1S(=O)(=O)Cl. The highest BCUT2D eigenvalue weighted by Crippen LogP contribution is 2.35. The van der Waals surface area contributed by atoms with Crippen LogP contribution in [0.25, 0.3) is 0 Å². The first-order valence-electron chi connectivity index (χ1n) is 3.74. The third-order valence-electron chi connectivity index (χ3n) is 1.58. The topological polar surface area (TPSA) is 56.3 Å². The van der Waals surface area contributed by atoms with Crippen LogP contribution in [0.4, 0.5) is 8.78 Å². The van der Waals surface area contributed by atoms with Crippen LogP contribution < -0.4 is 4.74 Å². The molecule has 16 heavy (non-hydrogen) atoms.